The van der Waals surface area contributed by atoms with E-state index in [0.29, 0.717) is 13.1 Å². The fraction of sp³-hybridized carbons (Fsp3) is 0.778. The zero-order chi connectivity index (χ0) is 17.5. The quantitative estimate of drug-likeness (QED) is 0.795. The second kappa shape index (κ2) is 6.39. The number of amides is 2. The van der Waals surface area contributed by atoms with Gasteiger partial charge in [0.15, 0.2) is 0 Å². The Kier molecular flexibility index (Phi) is 4.60. The zero-order valence-corrected chi connectivity index (χ0v) is 15.0. The Labute approximate surface area is 144 Å². The van der Waals surface area contributed by atoms with Crippen LogP contribution in [0.15, 0.2) is 11.1 Å². The van der Waals surface area contributed by atoms with E-state index in [4.69, 9.17) is 10.5 Å². The van der Waals surface area contributed by atoms with Crippen molar-refractivity contribution in [2.45, 2.75) is 70.6 Å². The van der Waals surface area contributed by atoms with E-state index in [2.05, 4.69) is 0 Å². The van der Waals surface area contributed by atoms with Crippen LogP contribution in [0.2, 0.25) is 0 Å². The SMILES string of the molecule is CC(C)(C)OC(=O)N1CCC(N2CC3=C(CC(N)CC3)C2=O)CC1. The van der Waals surface area contributed by atoms with Crippen molar-refractivity contribution in [1.29, 1.82) is 0 Å². The van der Waals surface area contributed by atoms with Crippen molar-refractivity contribution in [3.63, 3.8) is 0 Å². The maximum Gasteiger partial charge on any atom is 0.410 e. The number of carbonyl (C=O) groups excluding carboxylic acids is 2. The van der Waals surface area contributed by atoms with Crippen LogP contribution in [0.1, 0.15) is 52.9 Å². The number of ether oxygens (including phenoxy) is 1. The minimum Gasteiger partial charge on any atom is -0.444 e. The van der Waals surface area contributed by atoms with E-state index in [9.17, 15) is 9.59 Å². The molecular weight excluding hydrogens is 306 g/mol. The second-order valence-electron chi connectivity index (χ2n) is 8.22. The van der Waals surface area contributed by atoms with Gasteiger partial charge in [-0.3, -0.25) is 4.79 Å². The van der Waals surface area contributed by atoms with E-state index in [1.54, 1.807) is 4.90 Å². The number of hydrogen-bond acceptors (Lipinski definition) is 4. The maximum atomic E-state index is 12.7. The predicted octanol–water partition coefficient (Wildman–Crippen LogP) is 2.04. The molecule has 3 rings (SSSR count). The van der Waals surface area contributed by atoms with Crippen LogP contribution in [-0.4, -0.2) is 59.1 Å². The summed E-state index contributed by atoms with van der Waals surface area (Å²) in [5, 5.41) is 0. The molecule has 0 aromatic heterocycles. The van der Waals surface area contributed by atoms with E-state index in [0.717, 1.165) is 44.2 Å². The van der Waals surface area contributed by atoms with Gasteiger partial charge in [0.1, 0.15) is 5.60 Å². The first-order valence-electron chi connectivity index (χ1n) is 9.00. The van der Waals surface area contributed by atoms with Crippen LogP contribution < -0.4 is 5.73 Å². The van der Waals surface area contributed by atoms with Crippen LogP contribution in [0.4, 0.5) is 4.79 Å². The monoisotopic (exact) mass is 335 g/mol. The Balaban J connectivity index is 1.55. The van der Waals surface area contributed by atoms with Crippen LogP contribution in [0.25, 0.3) is 0 Å². The van der Waals surface area contributed by atoms with Crippen LogP contribution >= 0.6 is 0 Å². The molecule has 3 aliphatic rings. The van der Waals surface area contributed by atoms with Gasteiger partial charge in [0.05, 0.1) is 0 Å². The summed E-state index contributed by atoms with van der Waals surface area (Å²) in [6, 6.07) is 0.347. The summed E-state index contributed by atoms with van der Waals surface area (Å²) in [6.45, 7) is 7.68. The smallest absolute Gasteiger partial charge is 0.410 e. The molecule has 0 saturated carbocycles. The number of nitrogens with two attached hydrogens (primary N) is 1. The Morgan fingerprint density at radius 2 is 1.88 bits per heavy atom. The average molecular weight is 335 g/mol. The molecule has 0 aromatic rings. The van der Waals surface area contributed by atoms with Crippen molar-refractivity contribution in [3.8, 4) is 0 Å². The number of likely N-dealkylation sites (tertiary alicyclic amines) is 1. The topological polar surface area (TPSA) is 75.9 Å². The van der Waals surface area contributed by atoms with Crippen molar-refractivity contribution in [2.75, 3.05) is 19.6 Å². The highest BCUT2D eigenvalue weighted by Gasteiger charge is 2.38. The molecule has 0 spiro atoms. The molecule has 2 heterocycles. The zero-order valence-electron chi connectivity index (χ0n) is 15.0. The average Bonchev–Trinajstić information content (AvgIpc) is 2.83. The van der Waals surface area contributed by atoms with Gasteiger partial charge in [0.25, 0.3) is 0 Å². The molecule has 1 fully saturated rings. The lowest BCUT2D eigenvalue weighted by Gasteiger charge is -2.37. The van der Waals surface area contributed by atoms with Gasteiger partial charge in [-0.15, -0.1) is 0 Å². The highest BCUT2D eigenvalue weighted by Crippen LogP contribution is 2.34. The third kappa shape index (κ3) is 3.58. The van der Waals surface area contributed by atoms with E-state index < -0.39 is 5.60 Å². The lowest BCUT2D eigenvalue weighted by atomic mass is 9.90. The number of rotatable bonds is 1. The van der Waals surface area contributed by atoms with Crippen LogP contribution in [0.3, 0.4) is 0 Å². The molecule has 2 aliphatic heterocycles. The third-order valence-corrected chi connectivity index (χ3v) is 5.15. The summed E-state index contributed by atoms with van der Waals surface area (Å²) in [4.78, 5) is 28.6. The van der Waals surface area contributed by atoms with Crippen LogP contribution in [0.5, 0.6) is 0 Å². The molecule has 134 valence electrons. The first-order valence-corrected chi connectivity index (χ1v) is 9.00. The summed E-state index contributed by atoms with van der Waals surface area (Å²) in [7, 11) is 0. The normalized spacial score (nSPS) is 26.0. The van der Waals surface area contributed by atoms with Crippen molar-refractivity contribution in [2.24, 2.45) is 5.73 Å². The van der Waals surface area contributed by atoms with Gasteiger partial charge >= 0.3 is 6.09 Å². The Hall–Kier alpha value is -1.56. The summed E-state index contributed by atoms with van der Waals surface area (Å²) < 4.78 is 5.43. The van der Waals surface area contributed by atoms with Gasteiger partial charge in [-0.2, -0.15) is 0 Å². The molecule has 6 heteroatoms. The molecule has 6 nitrogen and oxygen atoms in total. The molecule has 0 radical (unpaired) electrons. The summed E-state index contributed by atoms with van der Waals surface area (Å²) in [5.74, 6) is 0.177. The summed E-state index contributed by atoms with van der Waals surface area (Å²) in [6.07, 6.45) is 4.04. The van der Waals surface area contributed by atoms with E-state index in [1.807, 2.05) is 25.7 Å². The van der Waals surface area contributed by atoms with Gasteiger partial charge in [-0.25, -0.2) is 4.79 Å². The van der Waals surface area contributed by atoms with E-state index in [1.165, 1.54) is 5.57 Å². The van der Waals surface area contributed by atoms with Crippen molar-refractivity contribution in [3.05, 3.63) is 11.1 Å². The standard InChI is InChI=1S/C18H29N3O3/c1-18(2,3)24-17(23)20-8-6-14(7-9-20)21-11-12-4-5-13(19)10-15(12)16(21)22/h13-14H,4-11,19H2,1-3H3. The fourth-order valence-corrected chi connectivity index (χ4v) is 3.86. The van der Waals surface area contributed by atoms with Gasteiger partial charge in [0, 0.05) is 37.3 Å². The minimum absolute atomic E-state index is 0.127. The molecule has 24 heavy (non-hydrogen) atoms. The molecule has 1 aliphatic carbocycles. The molecule has 1 unspecified atom stereocenters. The largest absolute Gasteiger partial charge is 0.444 e. The molecule has 0 aromatic carbocycles. The first kappa shape index (κ1) is 17.3. The molecule has 2 amide bonds. The number of piperidine rings is 1. The Bertz CT molecular complexity index is 556. The number of nitrogens with zero attached hydrogens (tertiary/aromatic N) is 2. The fourth-order valence-electron chi connectivity index (χ4n) is 3.86. The van der Waals surface area contributed by atoms with E-state index in [-0.39, 0.29) is 24.1 Å². The molecule has 1 atom stereocenters. The van der Waals surface area contributed by atoms with Gasteiger partial charge < -0.3 is 20.3 Å². The predicted molar refractivity (Wildman–Crippen MR) is 91.4 cm³/mol. The lowest BCUT2D eigenvalue weighted by Crippen LogP contribution is -2.48. The molecule has 0 bridgehead atoms. The lowest BCUT2D eigenvalue weighted by molar-refractivity contribution is -0.128. The minimum atomic E-state index is -0.472. The molecule has 1 saturated heterocycles. The third-order valence-electron chi connectivity index (χ3n) is 5.15. The highest BCUT2D eigenvalue weighted by atomic mass is 16.6. The first-order chi connectivity index (χ1) is 11.2. The second-order valence-corrected chi connectivity index (χ2v) is 8.22. The highest BCUT2D eigenvalue weighted by molar-refractivity contribution is 5.97. The summed E-state index contributed by atoms with van der Waals surface area (Å²) >= 11 is 0. The van der Waals surface area contributed by atoms with E-state index >= 15 is 0 Å². The molecule has 2 N–H and O–H groups in total. The maximum absolute atomic E-state index is 12.7. The number of hydrogen-bond donors (Lipinski definition) is 1. The summed E-state index contributed by atoms with van der Waals surface area (Å²) in [5.41, 5.74) is 7.79. The van der Waals surface area contributed by atoms with Gasteiger partial charge in [-0.1, -0.05) is 0 Å². The van der Waals surface area contributed by atoms with Crippen molar-refractivity contribution < 1.29 is 14.3 Å². The molecular formula is C18H29N3O3. The van der Waals surface area contributed by atoms with Crippen molar-refractivity contribution >= 4 is 12.0 Å². The van der Waals surface area contributed by atoms with Crippen LogP contribution in [0, 0.1) is 0 Å². The van der Waals surface area contributed by atoms with Gasteiger partial charge in [-0.05, 0) is 58.4 Å². The number of carbonyl (C=O) groups is 2. The Morgan fingerprint density at radius 3 is 2.50 bits per heavy atom. The Morgan fingerprint density at radius 1 is 1.21 bits per heavy atom. The van der Waals surface area contributed by atoms with Crippen LogP contribution in [-0.2, 0) is 9.53 Å². The van der Waals surface area contributed by atoms with Crippen molar-refractivity contribution in [1.82, 2.24) is 9.80 Å². The van der Waals surface area contributed by atoms with Gasteiger partial charge in [0.2, 0.25) is 5.91 Å².